The number of aromatic nitrogens is 3. The zero-order valence-corrected chi connectivity index (χ0v) is 19.9. The predicted octanol–water partition coefficient (Wildman–Crippen LogP) is 3.35. The molecule has 1 aromatic heterocycles. The summed E-state index contributed by atoms with van der Waals surface area (Å²) in [6.45, 7) is 2.65. The molecule has 1 N–H and O–H groups in total. The predicted molar refractivity (Wildman–Crippen MR) is 119 cm³/mol. The highest BCUT2D eigenvalue weighted by atomic mass is 19.4. The first-order chi connectivity index (χ1) is 17.7. The van der Waals surface area contributed by atoms with Gasteiger partial charge in [0.1, 0.15) is 6.33 Å². The smallest absolute Gasteiger partial charge is 0.343 e. The third kappa shape index (κ3) is 5.65. The zero-order valence-electron chi connectivity index (χ0n) is 19.9. The number of hydrogen-bond acceptors (Lipinski definition) is 5. The Morgan fingerprint density at radius 3 is 2.11 bits per heavy atom. The lowest BCUT2D eigenvalue weighted by atomic mass is 9.77. The lowest BCUT2D eigenvalue weighted by molar-refractivity contribution is -0.146. The largest absolute Gasteiger partial charge is 0.416 e. The van der Waals surface area contributed by atoms with E-state index in [9.17, 15) is 40.7 Å². The third-order valence-electron chi connectivity index (χ3n) is 6.66. The Labute approximate surface area is 212 Å². The average Bonchev–Trinajstić information content (AvgIpc) is 3.43. The van der Waals surface area contributed by atoms with E-state index in [0.29, 0.717) is 44.5 Å². The van der Waals surface area contributed by atoms with Crippen LogP contribution in [-0.2, 0) is 26.7 Å². The van der Waals surface area contributed by atoms with Crippen LogP contribution >= 0.6 is 0 Å². The number of carbonyl (C=O) groups is 3. The van der Waals surface area contributed by atoms with E-state index >= 15 is 0 Å². The van der Waals surface area contributed by atoms with Gasteiger partial charge < -0.3 is 4.90 Å². The number of halogens is 6. The van der Waals surface area contributed by atoms with Crippen molar-refractivity contribution in [3.8, 4) is 11.4 Å². The van der Waals surface area contributed by atoms with Crippen molar-refractivity contribution in [3.63, 3.8) is 0 Å². The van der Waals surface area contributed by atoms with Crippen molar-refractivity contribution in [1.29, 1.82) is 0 Å². The Balaban J connectivity index is 1.42. The van der Waals surface area contributed by atoms with Crippen molar-refractivity contribution in [2.45, 2.75) is 38.5 Å². The molecular weight excluding hydrogens is 522 g/mol. The van der Waals surface area contributed by atoms with Crippen LogP contribution < -0.4 is 5.43 Å². The number of hydrazine groups is 1. The van der Waals surface area contributed by atoms with E-state index in [-0.39, 0.29) is 24.4 Å². The summed E-state index contributed by atoms with van der Waals surface area (Å²) in [4.78, 5) is 42.2. The minimum atomic E-state index is -5.02. The summed E-state index contributed by atoms with van der Waals surface area (Å²) in [5.74, 6) is -1.44. The number of amides is 3. The number of carbonyl (C=O) groups excluding carboxylic acids is 3. The van der Waals surface area contributed by atoms with E-state index in [2.05, 4.69) is 15.5 Å². The van der Waals surface area contributed by atoms with Crippen LogP contribution in [0.4, 0.5) is 26.3 Å². The topological polar surface area (TPSA) is 100 Å². The second-order valence-electron chi connectivity index (χ2n) is 9.13. The Morgan fingerprint density at radius 1 is 0.974 bits per heavy atom. The van der Waals surface area contributed by atoms with Gasteiger partial charge >= 0.3 is 12.4 Å². The summed E-state index contributed by atoms with van der Waals surface area (Å²) in [5, 5.41) is 5.03. The summed E-state index contributed by atoms with van der Waals surface area (Å²) >= 11 is 0. The molecule has 0 aliphatic carbocycles. The molecule has 2 fully saturated rings. The minimum absolute atomic E-state index is 0.00115. The summed E-state index contributed by atoms with van der Waals surface area (Å²) in [5.41, 5.74) is -1.71. The van der Waals surface area contributed by atoms with Gasteiger partial charge in [0.15, 0.2) is 5.82 Å². The van der Waals surface area contributed by atoms with Crippen LogP contribution in [0.1, 0.15) is 37.3 Å². The molecule has 3 heterocycles. The molecule has 4 rings (SSSR count). The van der Waals surface area contributed by atoms with Gasteiger partial charge in [-0.05, 0) is 37.5 Å². The Hall–Kier alpha value is -3.91. The van der Waals surface area contributed by atoms with Crippen LogP contribution in [0.15, 0.2) is 30.6 Å². The first-order valence-corrected chi connectivity index (χ1v) is 11.5. The number of nitrogens with one attached hydrogen (secondary N) is 1. The first-order valence-electron chi connectivity index (χ1n) is 11.5. The highest BCUT2D eigenvalue weighted by molar-refractivity contribution is 5.93. The maximum atomic E-state index is 13.1. The van der Waals surface area contributed by atoms with Gasteiger partial charge in [-0.3, -0.25) is 24.8 Å². The Kier molecular flexibility index (Phi) is 6.97. The fourth-order valence-electron chi connectivity index (χ4n) is 4.52. The Morgan fingerprint density at radius 2 is 1.55 bits per heavy atom. The van der Waals surface area contributed by atoms with Crippen molar-refractivity contribution in [3.05, 3.63) is 41.7 Å². The molecule has 0 bridgehead atoms. The number of rotatable bonds is 4. The van der Waals surface area contributed by atoms with Crippen LogP contribution in [0.5, 0.6) is 0 Å². The number of likely N-dealkylation sites (tertiary alicyclic amines) is 1. The molecule has 15 heteroatoms. The van der Waals surface area contributed by atoms with Crippen LogP contribution in [0.25, 0.3) is 17.6 Å². The van der Waals surface area contributed by atoms with E-state index in [1.807, 2.05) is 0 Å². The second kappa shape index (κ2) is 9.76. The highest BCUT2D eigenvalue weighted by Gasteiger charge is 2.49. The fourth-order valence-corrected chi connectivity index (χ4v) is 4.52. The van der Waals surface area contributed by atoms with Gasteiger partial charge in [0.25, 0.3) is 5.91 Å². The van der Waals surface area contributed by atoms with Crippen molar-refractivity contribution >= 4 is 23.9 Å². The van der Waals surface area contributed by atoms with Crippen molar-refractivity contribution in [2.24, 2.45) is 5.41 Å². The summed E-state index contributed by atoms with van der Waals surface area (Å²) < 4.78 is 79.6. The molecule has 204 valence electrons. The van der Waals surface area contributed by atoms with Gasteiger partial charge in [-0.1, -0.05) is 0 Å². The van der Waals surface area contributed by atoms with E-state index in [0.717, 1.165) is 23.3 Å². The molecule has 0 saturated carbocycles. The maximum Gasteiger partial charge on any atom is 0.416 e. The number of hydrogen-bond donors (Lipinski definition) is 1. The monoisotopic (exact) mass is 544 g/mol. The quantitative estimate of drug-likeness (QED) is 0.470. The molecule has 9 nitrogen and oxygen atoms in total. The molecule has 2 aromatic rings. The van der Waals surface area contributed by atoms with Gasteiger partial charge in [0, 0.05) is 44.4 Å². The second-order valence-corrected chi connectivity index (χ2v) is 9.13. The van der Waals surface area contributed by atoms with Crippen molar-refractivity contribution in [2.75, 3.05) is 19.6 Å². The number of alkyl halides is 6. The van der Waals surface area contributed by atoms with Crippen molar-refractivity contribution < 1.29 is 40.7 Å². The van der Waals surface area contributed by atoms with Crippen molar-refractivity contribution in [1.82, 2.24) is 30.1 Å². The van der Waals surface area contributed by atoms with Crippen LogP contribution in [-0.4, -0.2) is 62.0 Å². The average molecular weight is 544 g/mol. The summed E-state index contributed by atoms with van der Waals surface area (Å²) in [6, 6.07) is 1.00. The molecular formula is C23H22F6N6O3. The third-order valence-corrected chi connectivity index (χ3v) is 6.66. The normalized spacial score (nSPS) is 18.0. The minimum Gasteiger partial charge on any atom is -0.343 e. The van der Waals surface area contributed by atoms with Gasteiger partial charge in [-0.25, -0.2) is 9.67 Å². The molecule has 2 aliphatic rings. The van der Waals surface area contributed by atoms with E-state index < -0.39 is 46.2 Å². The molecule has 0 atom stereocenters. The molecule has 1 spiro atoms. The van der Waals surface area contributed by atoms with Gasteiger partial charge in [0.05, 0.1) is 16.5 Å². The maximum absolute atomic E-state index is 13.1. The van der Waals surface area contributed by atoms with Crippen LogP contribution in [0.3, 0.4) is 0 Å². The number of piperidine rings is 1. The van der Waals surface area contributed by atoms with Crippen LogP contribution in [0.2, 0.25) is 0 Å². The number of nitrogens with zero attached hydrogens (tertiary/aromatic N) is 5. The van der Waals surface area contributed by atoms with Gasteiger partial charge in [-0.15, -0.1) is 5.10 Å². The molecule has 3 amide bonds. The lowest BCUT2D eigenvalue weighted by Gasteiger charge is -2.37. The van der Waals surface area contributed by atoms with Gasteiger partial charge in [0.2, 0.25) is 11.8 Å². The lowest BCUT2D eigenvalue weighted by Crippen LogP contribution is -2.49. The summed E-state index contributed by atoms with van der Waals surface area (Å²) in [7, 11) is 0. The molecule has 0 radical (unpaired) electrons. The first kappa shape index (κ1) is 27.1. The molecule has 1 aromatic carbocycles. The Bertz CT molecular complexity index is 1240. The number of benzene rings is 1. The van der Waals surface area contributed by atoms with Gasteiger partial charge in [-0.2, -0.15) is 26.3 Å². The SMILES string of the molecule is CC(=O)N1CCC2(CC1)CCN(NC(=O)/C=C\n1cnc(-c3cc(C(F)(F)F)cc(C(F)(F)F)c3)n1)C2=O. The molecule has 2 saturated heterocycles. The molecule has 38 heavy (non-hydrogen) atoms. The van der Waals surface area contributed by atoms with E-state index in [1.165, 1.54) is 11.9 Å². The van der Waals surface area contributed by atoms with E-state index in [4.69, 9.17) is 0 Å². The standard InChI is InChI=1S/C23H22F6N6O3/c1-14(36)33-7-3-21(4-8-33)5-9-35(20(21)38)31-18(37)2-6-34-13-30-19(32-34)15-10-16(22(24,25)26)12-17(11-15)23(27,28)29/h2,6,10-13H,3-5,7-9H2,1H3,(H,31,37)/b6-2-. The highest BCUT2D eigenvalue weighted by Crippen LogP contribution is 2.41. The van der Waals surface area contributed by atoms with Crippen LogP contribution in [0, 0.1) is 5.41 Å². The fraction of sp³-hybridized carbons (Fsp3) is 0.435. The van der Waals surface area contributed by atoms with E-state index in [1.54, 1.807) is 4.90 Å². The zero-order chi connectivity index (χ0) is 27.9. The molecule has 0 unspecified atom stereocenters. The summed E-state index contributed by atoms with van der Waals surface area (Å²) in [6.07, 6.45) is -5.47. The molecule has 2 aliphatic heterocycles.